The van der Waals surface area contributed by atoms with E-state index in [9.17, 15) is 9.59 Å². The van der Waals surface area contributed by atoms with Crippen LogP contribution in [0.1, 0.15) is 36.7 Å². The molecule has 1 aromatic heterocycles. The summed E-state index contributed by atoms with van der Waals surface area (Å²) < 4.78 is 5.73. The zero-order valence-electron chi connectivity index (χ0n) is 17.5. The second-order valence-electron chi connectivity index (χ2n) is 8.22. The number of alkyl halides is 1. The van der Waals surface area contributed by atoms with Gasteiger partial charge >= 0.3 is 6.03 Å². The monoisotopic (exact) mass is 481 g/mol. The number of nitrogens with one attached hydrogen (secondary N) is 1. The Morgan fingerprint density at radius 1 is 1.19 bits per heavy atom. The first kappa shape index (κ1) is 20.1. The first-order valence-electron chi connectivity index (χ1n) is 10.5. The second kappa shape index (κ2) is 7.41. The number of H-pyrrole nitrogens is 1. The van der Waals surface area contributed by atoms with E-state index in [0.717, 1.165) is 33.5 Å². The van der Waals surface area contributed by atoms with E-state index in [1.165, 1.54) is 4.90 Å². The molecule has 2 atom stereocenters. The number of amides is 3. The number of carbonyl (C=O) groups excluding carboxylic acids is 2. The highest BCUT2D eigenvalue weighted by Gasteiger charge is 2.59. The number of halogens is 1. The molecule has 31 heavy (non-hydrogen) atoms. The Morgan fingerprint density at radius 3 is 2.68 bits per heavy atom. The Balaban J connectivity index is 1.75. The topological polar surface area (TPSA) is 65.6 Å². The number of imide groups is 1. The van der Waals surface area contributed by atoms with Crippen molar-refractivity contribution in [1.82, 2.24) is 14.8 Å². The van der Waals surface area contributed by atoms with Crippen molar-refractivity contribution in [3.8, 4) is 5.75 Å². The molecule has 0 bridgehead atoms. The number of fused-ring (bicyclic) bond motifs is 4. The molecule has 0 radical (unpaired) electrons. The molecule has 1 N–H and O–H groups in total. The van der Waals surface area contributed by atoms with Crippen molar-refractivity contribution in [2.75, 3.05) is 18.5 Å². The van der Waals surface area contributed by atoms with Crippen LogP contribution in [0, 0.1) is 0 Å². The molecule has 0 aliphatic carbocycles. The van der Waals surface area contributed by atoms with Crippen molar-refractivity contribution in [3.63, 3.8) is 0 Å². The average molecular weight is 482 g/mol. The van der Waals surface area contributed by atoms with E-state index in [2.05, 4.69) is 20.9 Å². The summed E-state index contributed by atoms with van der Waals surface area (Å²) in [4.78, 5) is 33.7. The lowest BCUT2D eigenvalue weighted by molar-refractivity contribution is -0.133. The van der Waals surface area contributed by atoms with Gasteiger partial charge in [-0.25, -0.2) is 4.79 Å². The molecule has 2 aliphatic heterocycles. The van der Waals surface area contributed by atoms with E-state index in [0.29, 0.717) is 24.9 Å². The van der Waals surface area contributed by atoms with Crippen molar-refractivity contribution in [2.24, 2.45) is 0 Å². The molecule has 0 unspecified atom stereocenters. The van der Waals surface area contributed by atoms with Gasteiger partial charge in [0.25, 0.3) is 5.91 Å². The number of urea groups is 1. The molecule has 7 heteroatoms. The molecule has 3 aromatic rings. The van der Waals surface area contributed by atoms with E-state index < -0.39 is 5.54 Å². The molecule has 1 saturated heterocycles. The largest absolute Gasteiger partial charge is 0.494 e. The van der Waals surface area contributed by atoms with Gasteiger partial charge in [0.15, 0.2) is 0 Å². The van der Waals surface area contributed by atoms with Gasteiger partial charge in [-0.1, -0.05) is 46.3 Å². The van der Waals surface area contributed by atoms with Gasteiger partial charge < -0.3 is 9.72 Å². The SMILES string of the molecule is CCOc1ccc2[nH]c3c(c2c1)C[C@@]1(C)C(=O)N(CCBr)C(=O)N1[C@@H]3c1ccccc1. The van der Waals surface area contributed by atoms with Gasteiger partial charge in [0.05, 0.1) is 6.61 Å². The lowest BCUT2D eigenvalue weighted by atomic mass is 9.81. The number of hydrogen-bond acceptors (Lipinski definition) is 3. The van der Waals surface area contributed by atoms with E-state index in [1.54, 1.807) is 4.90 Å². The minimum atomic E-state index is -0.941. The van der Waals surface area contributed by atoms with Crippen molar-refractivity contribution in [3.05, 3.63) is 65.4 Å². The Labute approximate surface area is 189 Å². The number of nitrogens with zero attached hydrogens (tertiary/aromatic N) is 2. The maximum Gasteiger partial charge on any atom is 0.328 e. The molecule has 1 fully saturated rings. The van der Waals surface area contributed by atoms with Crippen LogP contribution < -0.4 is 4.74 Å². The van der Waals surface area contributed by atoms with E-state index in [1.807, 2.05) is 62.4 Å². The van der Waals surface area contributed by atoms with Crippen molar-refractivity contribution >= 4 is 38.8 Å². The van der Waals surface area contributed by atoms with Crippen molar-refractivity contribution in [2.45, 2.75) is 31.8 Å². The third-order valence-electron chi connectivity index (χ3n) is 6.37. The smallest absolute Gasteiger partial charge is 0.328 e. The van der Waals surface area contributed by atoms with Gasteiger partial charge in [-0.3, -0.25) is 14.6 Å². The first-order chi connectivity index (χ1) is 15.0. The summed E-state index contributed by atoms with van der Waals surface area (Å²) in [6, 6.07) is 15.3. The summed E-state index contributed by atoms with van der Waals surface area (Å²) >= 11 is 3.38. The van der Waals surface area contributed by atoms with E-state index in [4.69, 9.17) is 4.74 Å². The summed E-state index contributed by atoms with van der Waals surface area (Å²) in [7, 11) is 0. The number of aromatic nitrogens is 1. The molecule has 3 amide bonds. The summed E-state index contributed by atoms with van der Waals surface area (Å²) in [5, 5.41) is 1.60. The van der Waals surface area contributed by atoms with Gasteiger partial charge in [-0.15, -0.1) is 0 Å². The van der Waals surface area contributed by atoms with Gasteiger partial charge in [0.1, 0.15) is 17.3 Å². The van der Waals surface area contributed by atoms with Crippen molar-refractivity contribution < 1.29 is 14.3 Å². The average Bonchev–Trinajstić information content (AvgIpc) is 3.21. The highest BCUT2D eigenvalue weighted by molar-refractivity contribution is 9.09. The molecule has 2 aromatic carbocycles. The highest BCUT2D eigenvalue weighted by Crippen LogP contribution is 2.48. The minimum absolute atomic E-state index is 0.140. The van der Waals surface area contributed by atoms with Crippen LogP contribution in [0.5, 0.6) is 5.75 Å². The molecule has 2 aliphatic rings. The van der Waals surface area contributed by atoms with E-state index >= 15 is 0 Å². The fraction of sp³-hybridized carbons (Fsp3) is 0.333. The molecule has 5 rings (SSSR count). The molecular formula is C24H24BrN3O3. The van der Waals surface area contributed by atoms with Crippen LogP contribution in [0.15, 0.2) is 48.5 Å². The Kier molecular flexibility index (Phi) is 4.81. The minimum Gasteiger partial charge on any atom is -0.494 e. The van der Waals surface area contributed by atoms with E-state index in [-0.39, 0.29) is 18.0 Å². The standard InChI is InChI=1S/C24H24BrN3O3/c1-3-31-16-9-10-19-17(13-16)18-14-24(2)22(29)27(12-11-25)23(30)28(24)21(20(18)26-19)15-7-5-4-6-8-15/h4-10,13,21,26H,3,11-12,14H2,1-2H3/t21-,24+/m1/s1. The highest BCUT2D eigenvalue weighted by atomic mass is 79.9. The molecule has 6 nitrogen and oxygen atoms in total. The summed E-state index contributed by atoms with van der Waals surface area (Å²) in [5.41, 5.74) is 3.06. The molecule has 0 saturated carbocycles. The molecule has 160 valence electrons. The predicted molar refractivity (Wildman–Crippen MR) is 123 cm³/mol. The van der Waals surface area contributed by atoms with Crippen LogP contribution in [0.2, 0.25) is 0 Å². The number of rotatable bonds is 5. The quantitative estimate of drug-likeness (QED) is 0.426. The van der Waals surface area contributed by atoms with Crippen LogP contribution in [0.25, 0.3) is 10.9 Å². The maximum absolute atomic E-state index is 13.5. The fourth-order valence-corrected chi connectivity index (χ4v) is 5.37. The number of ether oxygens (including phenoxy) is 1. The zero-order valence-corrected chi connectivity index (χ0v) is 19.1. The summed E-state index contributed by atoms with van der Waals surface area (Å²) in [6.45, 7) is 4.80. The normalized spacial score (nSPS) is 22.7. The second-order valence-corrected chi connectivity index (χ2v) is 9.01. The van der Waals surface area contributed by atoms with Gasteiger partial charge in [-0.05, 0) is 43.2 Å². The van der Waals surface area contributed by atoms with Crippen LogP contribution in [0.4, 0.5) is 4.79 Å². The number of carbonyl (C=O) groups is 2. The predicted octanol–water partition coefficient (Wildman–Crippen LogP) is 4.63. The lowest BCUT2D eigenvalue weighted by Crippen LogP contribution is -2.53. The van der Waals surface area contributed by atoms with Gasteiger partial charge in [0, 0.05) is 34.9 Å². The molecule has 0 spiro atoms. The number of hydrogen-bond donors (Lipinski definition) is 1. The van der Waals surface area contributed by atoms with Crippen LogP contribution in [-0.4, -0.2) is 50.7 Å². The lowest BCUT2D eigenvalue weighted by Gasteiger charge is -2.42. The van der Waals surface area contributed by atoms with Crippen LogP contribution >= 0.6 is 15.9 Å². The Morgan fingerprint density at radius 2 is 1.97 bits per heavy atom. The Hall–Kier alpha value is -2.80. The summed E-state index contributed by atoms with van der Waals surface area (Å²) in [5.74, 6) is 0.661. The maximum atomic E-state index is 13.5. The molecular weight excluding hydrogens is 458 g/mol. The summed E-state index contributed by atoms with van der Waals surface area (Å²) in [6.07, 6.45) is 0.463. The fourth-order valence-electron chi connectivity index (χ4n) is 5.01. The van der Waals surface area contributed by atoms with Gasteiger partial charge in [-0.2, -0.15) is 0 Å². The Bertz CT molecular complexity index is 1180. The number of benzene rings is 2. The zero-order chi connectivity index (χ0) is 21.8. The van der Waals surface area contributed by atoms with Gasteiger partial charge in [0.2, 0.25) is 0 Å². The third-order valence-corrected chi connectivity index (χ3v) is 6.73. The van der Waals surface area contributed by atoms with Crippen LogP contribution in [0.3, 0.4) is 0 Å². The van der Waals surface area contributed by atoms with Crippen molar-refractivity contribution in [1.29, 1.82) is 0 Å². The molecule has 3 heterocycles. The third kappa shape index (κ3) is 2.90. The number of aromatic amines is 1. The first-order valence-corrected chi connectivity index (χ1v) is 11.6. The van der Waals surface area contributed by atoms with Crippen LogP contribution in [-0.2, 0) is 11.2 Å².